The first-order valence-electron chi connectivity index (χ1n) is 11.1. The van der Waals surface area contributed by atoms with Crippen LogP contribution in [0.2, 0.25) is 0 Å². The monoisotopic (exact) mass is 458 g/mol. The highest BCUT2D eigenvalue weighted by Crippen LogP contribution is 2.34. The molecule has 7 nitrogen and oxygen atoms in total. The van der Waals surface area contributed by atoms with Crippen LogP contribution >= 0.6 is 0 Å². The van der Waals surface area contributed by atoms with E-state index < -0.39 is 36.2 Å². The summed E-state index contributed by atoms with van der Waals surface area (Å²) in [5.41, 5.74) is 2.35. The molecule has 0 radical (unpaired) electrons. The molecule has 3 aromatic carbocycles. The van der Waals surface area contributed by atoms with Crippen LogP contribution in [0.4, 0.5) is 9.59 Å². The van der Waals surface area contributed by atoms with Gasteiger partial charge in [0.25, 0.3) is 0 Å². The van der Waals surface area contributed by atoms with Gasteiger partial charge in [-0.25, -0.2) is 14.5 Å². The Labute approximate surface area is 198 Å². The number of hydrogen-bond acceptors (Lipinski definition) is 5. The molecule has 3 amide bonds. The van der Waals surface area contributed by atoms with Crippen molar-refractivity contribution in [2.75, 3.05) is 6.54 Å². The van der Waals surface area contributed by atoms with Gasteiger partial charge < -0.3 is 14.8 Å². The van der Waals surface area contributed by atoms with Crippen LogP contribution in [0, 0.1) is 0 Å². The zero-order valence-electron chi connectivity index (χ0n) is 18.8. The Morgan fingerprint density at radius 2 is 1.53 bits per heavy atom. The first-order valence-corrected chi connectivity index (χ1v) is 11.1. The molecule has 3 atom stereocenters. The third-order valence-electron chi connectivity index (χ3n) is 5.80. The van der Waals surface area contributed by atoms with E-state index >= 15 is 0 Å². The number of rotatable bonds is 7. The lowest BCUT2D eigenvalue weighted by Crippen LogP contribution is -2.44. The van der Waals surface area contributed by atoms with Crippen LogP contribution < -0.4 is 5.32 Å². The molecule has 0 saturated carbocycles. The molecule has 0 aliphatic carbocycles. The van der Waals surface area contributed by atoms with E-state index in [2.05, 4.69) is 5.32 Å². The number of nitrogens with one attached hydrogen (secondary N) is 1. The van der Waals surface area contributed by atoms with Crippen molar-refractivity contribution in [3.8, 4) is 0 Å². The molecule has 34 heavy (non-hydrogen) atoms. The molecule has 4 rings (SSSR count). The average molecular weight is 459 g/mol. The zero-order chi connectivity index (χ0) is 23.9. The third kappa shape index (κ3) is 5.26. The summed E-state index contributed by atoms with van der Waals surface area (Å²) in [5.74, 6) is -1.22. The Kier molecular flexibility index (Phi) is 7.22. The molecule has 3 aromatic rings. The van der Waals surface area contributed by atoms with E-state index in [0.717, 1.165) is 16.0 Å². The fraction of sp³-hybridized carbons (Fsp3) is 0.222. The molecular weight excluding hydrogens is 432 g/mol. The molecule has 1 N–H and O–H groups in total. The normalized spacial score (nSPS) is 18.1. The molecule has 1 heterocycles. The second-order valence-electron chi connectivity index (χ2n) is 8.07. The van der Waals surface area contributed by atoms with Crippen molar-refractivity contribution in [2.24, 2.45) is 0 Å². The van der Waals surface area contributed by atoms with Gasteiger partial charge in [-0.15, -0.1) is 0 Å². The predicted octanol–water partition coefficient (Wildman–Crippen LogP) is 4.81. The average Bonchev–Trinajstić information content (AvgIpc) is 3.18. The zero-order valence-corrected chi connectivity index (χ0v) is 18.8. The van der Waals surface area contributed by atoms with Crippen LogP contribution in [-0.2, 0) is 20.9 Å². The molecule has 0 aromatic heterocycles. The number of cyclic esters (lactones) is 1. The van der Waals surface area contributed by atoms with Gasteiger partial charge in [-0.3, -0.25) is 4.79 Å². The molecule has 0 spiro atoms. The van der Waals surface area contributed by atoms with Crippen molar-refractivity contribution in [3.63, 3.8) is 0 Å². The molecule has 174 valence electrons. The van der Waals surface area contributed by atoms with Crippen molar-refractivity contribution >= 4 is 18.1 Å². The number of benzene rings is 3. The Balaban J connectivity index is 1.47. The Morgan fingerprint density at radius 3 is 2.18 bits per heavy atom. The molecule has 1 aliphatic rings. The SMILES string of the molecule is C[C@H]1[C@@H](c2ccccc2)OC(=O)N1C(=O)[C@H](CNC(=O)OCc1ccccc1)c1ccccc1. The fourth-order valence-electron chi connectivity index (χ4n) is 4.01. The van der Waals surface area contributed by atoms with E-state index in [0.29, 0.717) is 5.56 Å². The molecule has 1 aliphatic heterocycles. The number of carbonyl (C=O) groups excluding carboxylic acids is 3. The summed E-state index contributed by atoms with van der Waals surface area (Å²) >= 11 is 0. The van der Waals surface area contributed by atoms with Gasteiger partial charge in [0.05, 0.1) is 12.0 Å². The van der Waals surface area contributed by atoms with Gasteiger partial charge in [-0.05, 0) is 23.6 Å². The van der Waals surface area contributed by atoms with E-state index in [1.807, 2.05) is 78.9 Å². The number of ether oxygens (including phenoxy) is 2. The highest BCUT2D eigenvalue weighted by atomic mass is 16.6. The third-order valence-corrected chi connectivity index (χ3v) is 5.80. The van der Waals surface area contributed by atoms with Crippen molar-refractivity contribution in [1.82, 2.24) is 10.2 Å². The van der Waals surface area contributed by atoms with E-state index in [1.165, 1.54) is 0 Å². The lowest BCUT2D eigenvalue weighted by Gasteiger charge is -2.25. The number of alkyl carbamates (subject to hydrolysis) is 1. The van der Waals surface area contributed by atoms with Gasteiger partial charge in [0.15, 0.2) is 0 Å². The number of nitrogens with zero attached hydrogens (tertiary/aromatic N) is 1. The first-order chi connectivity index (χ1) is 16.5. The van der Waals surface area contributed by atoms with Crippen LogP contribution in [0.25, 0.3) is 0 Å². The number of hydrogen-bond donors (Lipinski definition) is 1. The maximum atomic E-state index is 13.6. The van der Waals surface area contributed by atoms with Gasteiger partial charge in [0, 0.05) is 6.54 Å². The van der Waals surface area contributed by atoms with Crippen molar-refractivity contribution < 1.29 is 23.9 Å². The summed E-state index contributed by atoms with van der Waals surface area (Å²) < 4.78 is 10.8. The van der Waals surface area contributed by atoms with Gasteiger partial charge in [-0.2, -0.15) is 0 Å². The Bertz CT molecular complexity index is 1120. The standard InChI is InChI=1S/C27H26N2O5/c1-19-24(22-15-9-4-10-16-22)34-27(32)29(19)25(30)23(21-13-7-3-8-14-21)17-28-26(31)33-18-20-11-5-2-6-12-20/h2-16,19,23-24H,17-18H2,1H3,(H,28,31)/t19-,23+,24-/m0/s1. The number of carbonyl (C=O) groups is 3. The maximum absolute atomic E-state index is 13.6. The lowest BCUT2D eigenvalue weighted by molar-refractivity contribution is -0.130. The quantitative estimate of drug-likeness (QED) is 0.550. The van der Waals surface area contributed by atoms with E-state index in [1.54, 1.807) is 19.1 Å². The highest BCUT2D eigenvalue weighted by Gasteiger charge is 2.45. The minimum Gasteiger partial charge on any atom is -0.445 e. The van der Waals surface area contributed by atoms with Gasteiger partial charge in [0.1, 0.15) is 12.7 Å². The minimum absolute atomic E-state index is 0.0248. The summed E-state index contributed by atoms with van der Waals surface area (Å²) in [6.07, 6.45) is -1.89. The Morgan fingerprint density at radius 1 is 0.941 bits per heavy atom. The van der Waals surface area contributed by atoms with Gasteiger partial charge in [-0.1, -0.05) is 91.0 Å². The fourth-order valence-corrected chi connectivity index (χ4v) is 4.01. The van der Waals surface area contributed by atoms with Crippen LogP contribution in [0.3, 0.4) is 0 Å². The highest BCUT2D eigenvalue weighted by molar-refractivity contribution is 5.97. The molecule has 7 heteroatoms. The molecule has 0 bridgehead atoms. The van der Waals surface area contributed by atoms with Crippen molar-refractivity contribution in [2.45, 2.75) is 31.6 Å². The summed E-state index contributed by atoms with van der Waals surface area (Å²) in [6, 6.07) is 27.2. The predicted molar refractivity (Wildman–Crippen MR) is 126 cm³/mol. The first kappa shape index (κ1) is 23.0. The van der Waals surface area contributed by atoms with Crippen LogP contribution in [0.5, 0.6) is 0 Å². The largest absolute Gasteiger partial charge is 0.445 e. The lowest BCUT2D eigenvalue weighted by atomic mass is 9.96. The van der Waals surface area contributed by atoms with E-state index in [-0.39, 0.29) is 13.2 Å². The Hall–Kier alpha value is -4.13. The molecule has 1 saturated heterocycles. The smallest absolute Gasteiger partial charge is 0.417 e. The minimum atomic E-state index is -0.782. The molecule has 0 unspecified atom stereocenters. The van der Waals surface area contributed by atoms with Gasteiger partial charge >= 0.3 is 12.2 Å². The summed E-state index contributed by atoms with van der Waals surface area (Å²) in [6.45, 7) is 1.87. The number of amides is 3. The van der Waals surface area contributed by atoms with E-state index in [9.17, 15) is 14.4 Å². The van der Waals surface area contributed by atoms with Gasteiger partial charge in [0.2, 0.25) is 5.91 Å². The molecular formula is C27H26N2O5. The van der Waals surface area contributed by atoms with Crippen LogP contribution in [0.15, 0.2) is 91.0 Å². The number of imide groups is 1. The second kappa shape index (κ2) is 10.7. The topological polar surface area (TPSA) is 84.9 Å². The van der Waals surface area contributed by atoms with Crippen molar-refractivity contribution in [1.29, 1.82) is 0 Å². The summed E-state index contributed by atoms with van der Waals surface area (Å²) in [4.78, 5) is 39.7. The second-order valence-corrected chi connectivity index (χ2v) is 8.07. The van der Waals surface area contributed by atoms with E-state index in [4.69, 9.17) is 9.47 Å². The van der Waals surface area contributed by atoms with Crippen molar-refractivity contribution in [3.05, 3.63) is 108 Å². The van der Waals surface area contributed by atoms with Crippen LogP contribution in [0.1, 0.15) is 35.6 Å². The summed E-state index contributed by atoms with van der Waals surface area (Å²) in [5, 5.41) is 2.67. The summed E-state index contributed by atoms with van der Waals surface area (Å²) in [7, 11) is 0. The molecule has 1 fully saturated rings. The van der Waals surface area contributed by atoms with Crippen LogP contribution in [-0.4, -0.2) is 35.6 Å². The maximum Gasteiger partial charge on any atom is 0.417 e.